The van der Waals surface area contributed by atoms with Crippen LogP contribution in [0.2, 0.25) is 0 Å². The summed E-state index contributed by atoms with van der Waals surface area (Å²) >= 11 is 1.37. The van der Waals surface area contributed by atoms with Crippen molar-refractivity contribution in [1.29, 1.82) is 0 Å². The van der Waals surface area contributed by atoms with E-state index in [1.165, 1.54) is 11.3 Å². The Morgan fingerprint density at radius 1 is 1.25 bits per heavy atom. The van der Waals surface area contributed by atoms with Crippen molar-refractivity contribution in [3.8, 4) is 0 Å². The highest BCUT2D eigenvalue weighted by molar-refractivity contribution is 14.0. The molecule has 0 saturated heterocycles. The Kier molecular flexibility index (Phi) is 11.8. The first-order valence-corrected chi connectivity index (χ1v) is 8.21. The van der Waals surface area contributed by atoms with Gasteiger partial charge in [-0.05, 0) is 24.8 Å². The van der Waals surface area contributed by atoms with Crippen molar-refractivity contribution in [3.63, 3.8) is 0 Å². The lowest BCUT2D eigenvalue weighted by Crippen LogP contribution is -2.39. The predicted octanol–water partition coefficient (Wildman–Crippen LogP) is 2.99. The van der Waals surface area contributed by atoms with E-state index in [0.29, 0.717) is 36.9 Å². The lowest BCUT2D eigenvalue weighted by molar-refractivity contribution is -0.132. The maximum Gasteiger partial charge on any atom is 0.390 e. The van der Waals surface area contributed by atoms with Gasteiger partial charge in [-0.1, -0.05) is 6.07 Å². The van der Waals surface area contributed by atoms with Crippen LogP contribution >= 0.6 is 35.3 Å². The summed E-state index contributed by atoms with van der Waals surface area (Å²) in [6, 6.07) is 3.55. The van der Waals surface area contributed by atoms with E-state index >= 15 is 0 Å². The summed E-state index contributed by atoms with van der Waals surface area (Å²) in [6.45, 7) is 3.05. The van der Waals surface area contributed by atoms with Crippen LogP contribution in [0.1, 0.15) is 29.4 Å². The number of hydrogen-bond acceptors (Lipinski definition) is 3. The number of carbonyl (C=O) groups is 1. The van der Waals surface area contributed by atoms with E-state index in [-0.39, 0.29) is 36.4 Å². The average Bonchev–Trinajstić information content (AvgIpc) is 2.99. The third-order valence-electron chi connectivity index (χ3n) is 2.68. The first-order valence-electron chi connectivity index (χ1n) is 7.33. The molecule has 0 radical (unpaired) electrons. The van der Waals surface area contributed by atoms with E-state index in [0.717, 1.165) is 0 Å². The Labute approximate surface area is 160 Å². The fourth-order valence-corrected chi connectivity index (χ4v) is 2.27. The Hall–Kier alpha value is -1.04. The third kappa shape index (κ3) is 10.7. The molecule has 0 unspecified atom stereocenters. The number of aliphatic imine (C=N–C) groups is 1. The van der Waals surface area contributed by atoms with Gasteiger partial charge in [0.25, 0.3) is 5.91 Å². The molecule has 1 heterocycles. The summed E-state index contributed by atoms with van der Waals surface area (Å²) < 4.78 is 36.3. The van der Waals surface area contributed by atoms with Crippen LogP contribution in [-0.2, 0) is 0 Å². The third-order valence-corrected chi connectivity index (χ3v) is 3.55. The van der Waals surface area contributed by atoms with Gasteiger partial charge in [-0.3, -0.25) is 9.79 Å². The Morgan fingerprint density at radius 3 is 2.58 bits per heavy atom. The second-order valence-corrected chi connectivity index (χ2v) is 5.59. The van der Waals surface area contributed by atoms with E-state index in [1.807, 2.05) is 12.3 Å². The molecule has 1 aromatic rings. The van der Waals surface area contributed by atoms with Crippen LogP contribution in [0.4, 0.5) is 13.2 Å². The Morgan fingerprint density at radius 2 is 2.00 bits per heavy atom. The molecule has 0 aromatic carbocycles. The van der Waals surface area contributed by atoms with E-state index in [1.54, 1.807) is 12.1 Å². The molecular weight excluding hydrogens is 456 g/mol. The molecule has 0 bridgehead atoms. The first kappa shape index (κ1) is 23.0. The van der Waals surface area contributed by atoms with Crippen molar-refractivity contribution in [3.05, 3.63) is 22.4 Å². The van der Waals surface area contributed by atoms with Crippen LogP contribution in [-0.4, -0.2) is 44.2 Å². The summed E-state index contributed by atoms with van der Waals surface area (Å²) in [7, 11) is 0. The van der Waals surface area contributed by atoms with E-state index in [9.17, 15) is 18.0 Å². The topological polar surface area (TPSA) is 65.5 Å². The van der Waals surface area contributed by atoms with Gasteiger partial charge in [0.05, 0.1) is 11.3 Å². The van der Waals surface area contributed by atoms with E-state index in [4.69, 9.17) is 0 Å². The number of nitrogens with zero attached hydrogens (tertiary/aromatic N) is 1. The molecule has 0 atom stereocenters. The SMILES string of the molecule is CCNC(=NCCCNC(=O)c1cccs1)NCCC(F)(F)F.I. The number of thiophene rings is 1. The van der Waals surface area contributed by atoms with Crippen molar-refractivity contribution in [2.75, 3.05) is 26.2 Å². The normalized spacial score (nSPS) is 11.6. The average molecular weight is 478 g/mol. The molecule has 0 aliphatic carbocycles. The number of rotatable bonds is 8. The Balaban J connectivity index is 0.00000529. The van der Waals surface area contributed by atoms with Crippen molar-refractivity contribution in [2.45, 2.75) is 25.9 Å². The molecule has 5 nitrogen and oxygen atoms in total. The molecule has 0 fully saturated rings. The molecule has 1 amide bonds. The fourth-order valence-electron chi connectivity index (χ4n) is 1.63. The predicted molar refractivity (Wildman–Crippen MR) is 101 cm³/mol. The number of carbonyl (C=O) groups excluding carboxylic acids is 1. The van der Waals surface area contributed by atoms with Crippen LogP contribution in [0.25, 0.3) is 0 Å². The molecule has 0 aliphatic heterocycles. The van der Waals surface area contributed by atoms with E-state index < -0.39 is 12.6 Å². The van der Waals surface area contributed by atoms with Gasteiger partial charge in [-0.2, -0.15) is 13.2 Å². The molecule has 138 valence electrons. The molecule has 3 N–H and O–H groups in total. The number of hydrogen-bond donors (Lipinski definition) is 3. The number of guanidine groups is 1. The summed E-state index contributed by atoms with van der Waals surface area (Å²) in [5.74, 6) is 0.223. The smallest absolute Gasteiger partial charge is 0.357 e. The number of halogens is 4. The lowest BCUT2D eigenvalue weighted by atomic mass is 10.4. The summed E-state index contributed by atoms with van der Waals surface area (Å²) in [6.07, 6.45) is -4.49. The van der Waals surface area contributed by atoms with Crippen molar-refractivity contribution in [1.82, 2.24) is 16.0 Å². The van der Waals surface area contributed by atoms with Crippen molar-refractivity contribution < 1.29 is 18.0 Å². The summed E-state index contributed by atoms with van der Waals surface area (Å²) in [4.78, 5) is 16.5. The molecule has 0 saturated carbocycles. The van der Waals surface area contributed by atoms with Gasteiger partial charge in [0.15, 0.2) is 5.96 Å². The zero-order valence-corrected chi connectivity index (χ0v) is 16.4. The summed E-state index contributed by atoms with van der Waals surface area (Å²) in [5, 5.41) is 10.1. The van der Waals surface area contributed by atoms with Crippen LogP contribution in [0.5, 0.6) is 0 Å². The number of amides is 1. The highest BCUT2D eigenvalue weighted by Crippen LogP contribution is 2.18. The van der Waals surface area contributed by atoms with Gasteiger partial charge in [0.1, 0.15) is 0 Å². The maximum atomic E-state index is 12.1. The van der Waals surface area contributed by atoms with Crippen LogP contribution in [0.3, 0.4) is 0 Å². The molecule has 0 aliphatic rings. The quantitative estimate of drug-likeness (QED) is 0.233. The van der Waals surface area contributed by atoms with E-state index in [2.05, 4.69) is 20.9 Å². The second kappa shape index (κ2) is 12.3. The molecule has 0 spiro atoms. The van der Waals surface area contributed by atoms with Crippen LogP contribution in [0, 0.1) is 0 Å². The van der Waals surface area contributed by atoms with Gasteiger partial charge < -0.3 is 16.0 Å². The largest absolute Gasteiger partial charge is 0.390 e. The minimum absolute atomic E-state index is 0. The molecule has 24 heavy (non-hydrogen) atoms. The van der Waals surface area contributed by atoms with Gasteiger partial charge in [-0.15, -0.1) is 35.3 Å². The monoisotopic (exact) mass is 478 g/mol. The Bertz CT molecular complexity index is 495. The lowest BCUT2D eigenvalue weighted by Gasteiger charge is -2.12. The van der Waals surface area contributed by atoms with Gasteiger partial charge >= 0.3 is 6.18 Å². The van der Waals surface area contributed by atoms with Gasteiger partial charge in [0, 0.05) is 26.2 Å². The number of nitrogens with one attached hydrogen (secondary N) is 3. The highest BCUT2D eigenvalue weighted by Gasteiger charge is 2.26. The maximum absolute atomic E-state index is 12.1. The standard InChI is InChI=1S/C14H21F3N4OS.HI/c1-2-18-13(21-9-6-14(15,16)17)20-8-4-7-19-12(22)11-5-3-10-23-11;/h3,5,10H,2,4,6-9H2,1H3,(H,19,22)(H2,18,20,21);1H. The van der Waals surface area contributed by atoms with Crippen LogP contribution in [0.15, 0.2) is 22.5 Å². The van der Waals surface area contributed by atoms with Crippen LogP contribution < -0.4 is 16.0 Å². The molecule has 1 aromatic heterocycles. The minimum atomic E-state index is -4.18. The molecular formula is C14H22F3IN4OS. The molecule has 10 heteroatoms. The highest BCUT2D eigenvalue weighted by atomic mass is 127. The summed E-state index contributed by atoms with van der Waals surface area (Å²) in [5.41, 5.74) is 0. The number of alkyl halides is 3. The van der Waals surface area contributed by atoms with Gasteiger partial charge in [-0.25, -0.2) is 0 Å². The second-order valence-electron chi connectivity index (χ2n) is 4.64. The zero-order valence-electron chi connectivity index (χ0n) is 13.3. The zero-order chi connectivity index (χ0) is 17.1. The van der Waals surface area contributed by atoms with Gasteiger partial charge in [0.2, 0.25) is 0 Å². The first-order chi connectivity index (χ1) is 10.9. The minimum Gasteiger partial charge on any atom is -0.357 e. The molecule has 1 rings (SSSR count). The van der Waals surface area contributed by atoms with Crippen molar-refractivity contribution in [2.24, 2.45) is 4.99 Å². The fraction of sp³-hybridized carbons (Fsp3) is 0.571. The van der Waals surface area contributed by atoms with Crippen molar-refractivity contribution >= 4 is 47.2 Å².